The standard InChI is InChI=1S/C23H41N3O16/c24-26-25-4-2-1-3-5-37-22-19(36)20(42-23-18(35)16(33)13(30)10(7-28)40-23)14(31)11(41-22)8-38-21-17(34)15(32)12(29)9(6-27)39-21/h9-23,27-36H,1-8H2/t9-,10-,11-,12-,13-,14-,15+,16+,17+,18+,19+,20+,21+,22+,23-/m1/s1. The van der Waals surface area contributed by atoms with E-state index in [-0.39, 0.29) is 13.2 Å². The van der Waals surface area contributed by atoms with Gasteiger partial charge >= 0.3 is 0 Å². The number of rotatable bonds is 14. The molecule has 19 heteroatoms. The molecule has 3 aliphatic heterocycles. The van der Waals surface area contributed by atoms with Gasteiger partial charge in [0.05, 0.1) is 19.8 Å². The molecule has 0 aliphatic carbocycles. The van der Waals surface area contributed by atoms with Gasteiger partial charge in [-0.3, -0.25) is 0 Å². The van der Waals surface area contributed by atoms with Gasteiger partial charge in [0.15, 0.2) is 18.9 Å². The van der Waals surface area contributed by atoms with E-state index in [0.717, 1.165) is 0 Å². The van der Waals surface area contributed by atoms with Crippen LogP contribution in [0.5, 0.6) is 0 Å². The zero-order chi connectivity index (χ0) is 31.0. The van der Waals surface area contributed by atoms with Crippen LogP contribution in [0.3, 0.4) is 0 Å². The summed E-state index contributed by atoms with van der Waals surface area (Å²) in [4.78, 5) is 2.66. The molecule has 3 heterocycles. The quantitative estimate of drug-likeness (QED) is 0.0378. The van der Waals surface area contributed by atoms with E-state index in [0.29, 0.717) is 19.3 Å². The highest BCUT2D eigenvalue weighted by Gasteiger charge is 2.52. The van der Waals surface area contributed by atoms with E-state index in [2.05, 4.69) is 10.0 Å². The lowest BCUT2D eigenvalue weighted by Crippen LogP contribution is -2.65. The zero-order valence-corrected chi connectivity index (χ0v) is 22.6. The highest BCUT2D eigenvalue weighted by molar-refractivity contribution is 4.95. The van der Waals surface area contributed by atoms with Crippen molar-refractivity contribution in [2.45, 2.75) is 111 Å². The van der Waals surface area contributed by atoms with Gasteiger partial charge in [-0.25, -0.2) is 0 Å². The molecular formula is C23H41N3O16. The number of hydrogen-bond acceptors (Lipinski definition) is 17. The Bertz CT molecular complexity index is 853. The van der Waals surface area contributed by atoms with Gasteiger partial charge in [0.1, 0.15) is 73.2 Å². The second kappa shape index (κ2) is 16.7. The summed E-state index contributed by atoms with van der Waals surface area (Å²) < 4.78 is 33.1. The fourth-order valence-corrected chi connectivity index (χ4v) is 4.77. The summed E-state index contributed by atoms with van der Waals surface area (Å²) in [5.74, 6) is 0. The molecule has 0 spiro atoms. The van der Waals surface area contributed by atoms with Crippen molar-refractivity contribution in [1.29, 1.82) is 0 Å². The Hall–Kier alpha value is -1.33. The van der Waals surface area contributed by atoms with Crippen molar-refractivity contribution in [2.24, 2.45) is 5.11 Å². The molecule has 0 radical (unpaired) electrons. The van der Waals surface area contributed by atoms with Crippen molar-refractivity contribution in [3.05, 3.63) is 10.4 Å². The van der Waals surface area contributed by atoms with Crippen LogP contribution in [0.1, 0.15) is 19.3 Å². The maximum absolute atomic E-state index is 11.0. The number of hydrogen-bond donors (Lipinski definition) is 10. The molecule has 0 aromatic rings. The second-order valence-electron chi connectivity index (χ2n) is 10.2. The third-order valence-corrected chi connectivity index (χ3v) is 7.30. The zero-order valence-electron chi connectivity index (χ0n) is 22.6. The number of ether oxygens (including phenoxy) is 6. The van der Waals surface area contributed by atoms with Gasteiger partial charge in [0.25, 0.3) is 0 Å². The van der Waals surface area contributed by atoms with Crippen LogP contribution < -0.4 is 0 Å². The first-order chi connectivity index (χ1) is 20.0. The molecule has 0 unspecified atom stereocenters. The maximum Gasteiger partial charge on any atom is 0.187 e. The maximum atomic E-state index is 11.0. The summed E-state index contributed by atoms with van der Waals surface area (Å²) in [6.07, 6.45) is -22.4. The summed E-state index contributed by atoms with van der Waals surface area (Å²) in [5.41, 5.74) is 8.35. The summed E-state index contributed by atoms with van der Waals surface area (Å²) >= 11 is 0. The monoisotopic (exact) mass is 615 g/mol. The normalized spacial score (nSPS) is 44.5. The fraction of sp³-hybridized carbons (Fsp3) is 1.00. The molecule has 3 saturated heterocycles. The lowest BCUT2D eigenvalue weighted by atomic mass is 9.96. The van der Waals surface area contributed by atoms with E-state index in [1.807, 2.05) is 0 Å². The molecule has 244 valence electrons. The molecule has 0 amide bonds. The van der Waals surface area contributed by atoms with Crippen molar-refractivity contribution in [1.82, 2.24) is 0 Å². The topological polar surface area (TPSA) is 306 Å². The van der Waals surface area contributed by atoms with Crippen molar-refractivity contribution >= 4 is 0 Å². The molecular weight excluding hydrogens is 574 g/mol. The third kappa shape index (κ3) is 8.43. The lowest BCUT2D eigenvalue weighted by Gasteiger charge is -2.46. The third-order valence-electron chi connectivity index (χ3n) is 7.30. The summed E-state index contributed by atoms with van der Waals surface area (Å²) in [7, 11) is 0. The van der Waals surface area contributed by atoms with Crippen molar-refractivity contribution in [2.75, 3.05) is 33.0 Å². The number of aliphatic hydroxyl groups is 10. The molecule has 3 fully saturated rings. The van der Waals surface area contributed by atoms with E-state index < -0.39 is 112 Å². The van der Waals surface area contributed by atoms with E-state index in [1.54, 1.807) is 0 Å². The largest absolute Gasteiger partial charge is 0.394 e. The predicted octanol–water partition coefficient (Wildman–Crippen LogP) is -5.07. The average Bonchev–Trinajstić information content (AvgIpc) is 2.98. The van der Waals surface area contributed by atoms with Gasteiger partial charge in [0.2, 0.25) is 0 Å². The molecule has 0 aromatic heterocycles. The van der Waals surface area contributed by atoms with Crippen LogP contribution >= 0.6 is 0 Å². The minimum absolute atomic E-state index is 0.0567. The van der Waals surface area contributed by atoms with E-state index in [9.17, 15) is 51.1 Å². The van der Waals surface area contributed by atoms with E-state index >= 15 is 0 Å². The van der Waals surface area contributed by atoms with Crippen LogP contribution in [0.2, 0.25) is 0 Å². The van der Waals surface area contributed by atoms with Crippen molar-refractivity contribution in [3.63, 3.8) is 0 Å². The van der Waals surface area contributed by atoms with Crippen molar-refractivity contribution in [3.8, 4) is 0 Å². The van der Waals surface area contributed by atoms with Crippen LogP contribution in [0, 0.1) is 0 Å². The smallest absolute Gasteiger partial charge is 0.187 e. The molecule has 42 heavy (non-hydrogen) atoms. The minimum atomic E-state index is -1.84. The first-order valence-corrected chi connectivity index (χ1v) is 13.6. The molecule has 0 aromatic carbocycles. The summed E-state index contributed by atoms with van der Waals surface area (Å²) in [6, 6.07) is 0. The Kier molecular flexibility index (Phi) is 13.9. The van der Waals surface area contributed by atoms with Gasteiger partial charge in [-0.1, -0.05) is 11.5 Å². The molecule has 0 saturated carbocycles. The molecule has 15 atom stereocenters. The molecule has 3 aliphatic rings. The Balaban J connectivity index is 1.71. The Morgan fingerprint density at radius 3 is 1.74 bits per heavy atom. The Morgan fingerprint density at radius 2 is 1.14 bits per heavy atom. The first kappa shape index (κ1) is 35.2. The van der Waals surface area contributed by atoms with Gasteiger partial charge < -0.3 is 79.5 Å². The van der Waals surface area contributed by atoms with Gasteiger partial charge in [-0.2, -0.15) is 0 Å². The van der Waals surface area contributed by atoms with E-state index in [1.165, 1.54) is 0 Å². The number of azide groups is 1. The Labute approximate surface area is 240 Å². The minimum Gasteiger partial charge on any atom is -0.394 e. The highest BCUT2D eigenvalue weighted by Crippen LogP contribution is 2.31. The Morgan fingerprint density at radius 1 is 0.595 bits per heavy atom. The average molecular weight is 616 g/mol. The van der Waals surface area contributed by atoms with Crippen molar-refractivity contribution < 1.29 is 79.5 Å². The van der Waals surface area contributed by atoms with Crippen LogP contribution in [0.25, 0.3) is 10.4 Å². The molecule has 19 nitrogen and oxygen atoms in total. The highest BCUT2D eigenvalue weighted by atomic mass is 16.7. The first-order valence-electron chi connectivity index (χ1n) is 13.6. The van der Waals surface area contributed by atoms with Crippen LogP contribution in [0.4, 0.5) is 0 Å². The van der Waals surface area contributed by atoms with Gasteiger partial charge in [-0.15, -0.1) is 0 Å². The molecule has 0 bridgehead atoms. The number of unbranched alkanes of at least 4 members (excludes halogenated alkanes) is 2. The summed E-state index contributed by atoms with van der Waals surface area (Å²) in [5, 5.41) is 105. The number of nitrogens with zero attached hydrogens (tertiary/aromatic N) is 3. The van der Waals surface area contributed by atoms with E-state index in [4.69, 9.17) is 34.0 Å². The number of aliphatic hydroxyl groups excluding tert-OH is 10. The van der Waals surface area contributed by atoms with Crippen LogP contribution in [-0.2, 0) is 28.4 Å². The summed E-state index contributed by atoms with van der Waals surface area (Å²) in [6.45, 7) is -1.66. The molecule has 3 rings (SSSR count). The van der Waals surface area contributed by atoms with Gasteiger partial charge in [-0.05, 0) is 18.4 Å². The van der Waals surface area contributed by atoms with Crippen LogP contribution in [-0.4, -0.2) is 176 Å². The molecule has 10 N–H and O–H groups in total. The van der Waals surface area contributed by atoms with Gasteiger partial charge in [0, 0.05) is 18.1 Å². The second-order valence-corrected chi connectivity index (χ2v) is 10.2. The van der Waals surface area contributed by atoms with Crippen LogP contribution in [0.15, 0.2) is 5.11 Å². The predicted molar refractivity (Wildman–Crippen MR) is 133 cm³/mol. The SMILES string of the molecule is [N-]=[N+]=NCCCCCO[C@H]1O[C@H](CO[C@H]2O[C@H](CO)[C@@H](O)[C@H](O)[C@@H]2O)[C@@H](O)[C@H](O[C@H]2O[C@H](CO)[C@@H](O)[C@H](O)[C@@H]2O)[C@@H]1O. The fourth-order valence-electron chi connectivity index (χ4n) is 4.77. The lowest BCUT2D eigenvalue weighted by molar-refractivity contribution is -0.366.